The zero-order valence-electron chi connectivity index (χ0n) is 11.6. The lowest BCUT2D eigenvalue weighted by Crippen LogP contribution is -2.16. The summed E-state index contributed by atoms with van der Waals surface area (Å²) in [6.07, 6.45) is 1.05. The van der Waals surface area contributed by atoms with Crippen molar-refractivity contribution in [2.45, 2.75) is 33.7 Å². The number of hydrogen-bond acceptors (Lipinski definition) is 3. The molecule has 0 saturated heterocycles. The molecule has 0 aliphatic rings. The first-order valence-electron chi connectivity index (χ1n) is 6.33. The molecule has 2 aromatic heterocycles. The van der Waals surface area contributed by atoms with E-state index in [1.54, 1.807) is 0 Å². The zero-order valence-corrected chi connectivity index (χ0v) is 12.4. The van der Waals surface area contributed by atoms with Crippen LogP contribution in [-0.4, -0.2) is 16.3 Å². The molecular formula is C14H21N3S. The molecule has 0 amide bonds. The smallest absolute Gasteiger partial charge is 0.0628 e. The van der Waals surface area contributed by atoms with E-state index in [4.69, 9.17) is 0 Å². The monoisotopic (exact) mass is 263 g/mol. The second-order valence-corrected chi connectivity index (χ2v) is 6.08. The summed E-state index contributed by atoms with van der Waals surface area (Å²) in [4.78, 5) is 2.79. The molecule has 1 N–H and O–H groups in total. The molecule has 0 aliphatic carbocycles. The highest BCUT2D eigenvalue weighted by Crippen LogP contribution is 2.15. The third kappa shape index (κ3) is 3.00. The summed E-state index contributed by atoms with van der Waals surface area (Å²) in [6, 6.07) is 4.38. The topological polar surface area (TPSA) is 29.9 Å². The normalized spacial score (nSPS) is 11.1. The second kappa shape index (κ2) is 5.67. The summed E-state index contributed by atoms with van der Waals surface area (Å²) < 4.78 is 1.97. The van der Waals surface area contributed by atoms with Gasteiger partial charge in [0.15, 0.2) is 0 Å². The van der Waals surface area contributed by atoms with Gasteiger partial charge in [0.05, 0.1) is 5.69 Å². The van der Waals surface area contributed by atoms with Gasteiger partial charge in [0.2, 0.25) is 0 Å². The molecule has 3 nitrogen and oxygen atoms in total. The van der Waals surface area contributed by atoms with Gasteiger partial charge in [-0.2, -0.15) is 5.10 Å². The van der Waals surface area contributed by atoms with Gasteiger partial charge >= 0.3 is 0 Å². The van der Waals surface area contributed by atoms with Crippen molar-refractivity contribution in [3.63, 3.8) is 0 Å². The molecule has 0 unspecified atom stereocenters. The van der Waals surface area contributed by atoms with Crippen LogP contribution in [-0.2, 0) is 20.0 Å². The van der Waals surface area contributed by atoms with Gasteiger partial charge in [0, 0.05) is 29.0 Å². The highest BCUT2D eigenvalue weighted by atomic mass is 32.1. The fourth-order valence-electron chi connectivity index (χ4n) is 2.18. The van der Waals surface area contributed by atoms with Crippen LogP contribution in [0.1, 0.15) is 26.7 Å². The molecule has 0 radical (unpaired) electrons. The van der Waals surface area contributed by atoms with Crippen molar-refractivity contribution in [3.8, 4) is 0 Å². The van der Waals surface area contributed by atoms with Crippen molar-refractivity contribution in [3.05, 3.63) is 38.8 Å². The number of rotatable bonds is 5. The van der Waals surface area contributed by atoms with Crippen molar-refractivity contribution in [1.29, 1.82) is 0 Å². The van der Waals surface area contributed by atoms with E-state index in [0.717, 1.165) is 25.2 Å². The van der Waals surface area contributed by atoms with Crippen LogP contribution >= 0.6 is 11.3 Å². The maximum Gasteiger partial charge on any atom is 0.0628 e. The fourth-order valence-corrected chi connectivity index (χ4v) is 3.04. The minimum Gasteiger partial charge on any atom is -0.312 e. The van der Waals surface area contributed by atoms with Gasteiger partial charge in [-0.05, 0) is 51.4 Å². The largest absolute Gasteiger partial charge is 0.312 e. The van der Waals surface area contributed by atoms with E-state index >= 15 is 0 Å². The summed E-state index contributed by atoms with van der Waals surface area (Å²) in [5, 5.41) is 7.94. The van der Waals surface area contributed by atoms with Crippen molar-refractivity contribution >= 4 is 11.3 Å². The third-order valence-electron chi connectivity index (χ3n) is 3.31. The highest BCUT2D eigenvalue weighted by Gasteiger charge is 2.08. The Morgan fingerprint density at radius 1 is 1.28 bits per heavy atom. The molecule has 0 aromatic carbocycles. The van der Waals surface area contributed by atoms with Gasteiger partial charge < -0.3 is 5.32 Å². The first-order valence-corrected chi connectivity index (χ1v) is 7.14. The van der Waals surface area contributed by atoms with Gasteiger partial charge in [-0.1, -0.05) is 0 Å². The number of nitrogens with zero attached hydrogens (tertiary/aromatic N) is 2. The SMILES string of the molecule is Cc1ccc(CNCCc2c(C)nn(C)c2C)s1. The number of aryl methyl sites for hydroxylation is 3. The van der Waals surface area contributed by atoms with E-state index in [1.807, 2.05) is 23.1 Å². The molecule has 4 heteroatoms. The third-order valence-corrected chi connectivity index (χ3v) is 4.31. The van der Waals surface area contributed by atoms with Gasteiger partial charge in [-0.15, -0.1) is 11.3 Å². The van der Waals surface area contributed by atoms with Crippen LogP contribution in [0.5, 0.6) is 0 Å². The second-order valence-electron chi connectivity index (χ2n) is 4.71. The lowest BCUT2D eigenvalue weighted by Gasteiger charge is -2.04. The lowest BCUT2D eigenvalue weighted by molar-refractivity contribution is 0.688. The number of hydrogen-bond donors (Lipinski definition) is 1. The molecule has 98 valence electrons. The molecule has 2 rings (SSSR count). The Bertz CT molecular complexity index is 525. The predicted molar refractivity (Wildman–Crippen MR) is 77.1 cm³/mol. The van der Waals surface area contributed by atoms with E-state index in [1.165, 1.54) is 21.0 Å². The van der Waals surface area contributed by atoms with Crippen molar-refractivity contribution in [1.82, 2.24) is 15.1 Å². The molecule has 0 spiro atoms. The minimum absolute atomic E-state index is 0.969. The van der Waals surface area contributed by atoms with Crippen LogP contribution in [0.15, 0.2) is 12.1 Å². The summed E-state index contributed by atoms with van der Waals surface area (Å²) in [5.41, 5.74) is 3.82. The first-order chi connectivity index (χ1) is 8.58. The maximum atomic E-state index is 4.44. The molecule has 18 heavy (non-hydrogen) atoms. The molecule has 0 atom stereocenters. The Hall–Kier alpha value is -1.13. The van der Waals surface area contributed by atoms with Crippen LogP contribution < -0.4 is 5.32 Å². The maximum absolute atomic E-state index is 4.44. The number of nitrogens with one attached hydrogen (secondary N) is 1. The van der Waals surface area contributed by atoms with Gasteiger partial charge in [-0.3, -0.25) is 4.68 Å². The minimum atomic E-state index is 0.969. The summed E-state index contributed by atoms with van der Waals surface area (Å²) in [6.45, 7) is 8.35. The van der Waals surface area contributed by atoms with Crippen LogP contribution in [0.2, 0.25) is 0 Å². The Morgan fingerprint density at radius 2 is 2.06 bits per heavy atom. The summed E-state index contributed by atoms with van der Waals surface area (Å²) in [7, 11) is 2.01. The number of thiophene rings is 1. The quantitative estimate of drug-likeness (QED) is 0.841. The Kier molecular flexibility index (Phi) is 4.19. The van der Waals surface area contributed by atoms with Gasteiger partial charge in [-0.25, -0.2) is 0 Å². The van der Waals surface area contributed by atoms with E-state index < -0.39 is 0 Å². The number of aromatic nitrogens is 2. The average molecular weight is 263 g/mol. The van der Waals surface area contributed by atoms with Crippen LogP contribution in [0.3, 0.4) is 0 Å². The van der Waals surface area contributed by atoms with Gasteiger partial charge in [0.1, 0.15) is 0 Å². The molecule has 2 heterocycles. The van der Waals surface area contributed by atoms with Crippen LogP contribution in [0, 0.1) is 20.8 Å². The zero-order chi connectivity index (χ0) is 13.1. The Morgan fingerprint density at radius 3 is 2.61 bits per heavy atom. The Balaban J connectivity index is 1.82. The summed E-state index contributed by atoms with van der Waals surface area (Å²) in [5.74, 6) is 0. The van der Waals surface area contributed by atoms with Gasteiger partial charge in [0.25, 0.3) is 0 Å². The molecule has 0 bridgehead atoms. The fraction of sp³-hybridized carbons (Fsp3) is 0.500. The van der Waals surface area contributed by atoms with Crippen LogP contribution in [0.25, 0.3) is 0 Å². The first kappa shape index (κ1) is 13.3. The summed E-state index contributed by atoms with van der Waals surface area (Å²) >= 11 is 1.87. The predicted octanol–water partition coefficient (Wildman–Crippen LogP) is 2.74. The van der Waals surface area contributed by atoms with Crippen molar-refractivity contribution in [2.24, 2.45) is 7.05 Å². The lowest BCUT2D eigenvalue weighted by atomic mass is 10.1. The van der Waals surface area contributed by atoms with E-state index in [0.29, 0.717) is 0 Å². The Labute approximate surface area is 113 Å². The molecular weight excluding hydrogens is 242 g/mol. The van der Waals surface area contributed by atoms with E-state index in [9.17, 15) is 0 Å². The van der Waals surface area contributed by atoms with Crippen molar-refractivity contribution in [2.75, 3.05) is 6.54 Å². The van der Waals surface area contributed by atoms with Crippen molar-refractivity contribution < 1.29 is 0 Å². The standard InChI is InChI=1S/C14H21N3S/c1-10-5-6-13(18-10)9-15-8-7-14-11(2)16-17(4)12(14)3/h5-6,15H,7-9H2,1-4H3. The molecule has 2 aromatic rings. The molecule has 0 saturated carbocycles. The van der Waals surface area contributed by atoms with Crippen LogP contribution in [0.4, 0.5) is 0 Å². The van der Waals surface area contributed by atoms with E-state index in [-0.39, 0.29) is 0 Å². The average Bonchev–Trinajstić information content (AvgIpc) is 2.82. The molecule has 0 fully saturated rings. The highest BCUT2D eigenvalue weighted by molar-refractivity contribution is 7.11. The van der Waals surface area contributed by atoms with E-state index in [2.05, 4.69) is 43.3 Å². The molecule has 0 aliphatic heterocycles.